The van der Waals surface area contributed by atoms with Crippen LogP contribution in [-0.2, 0) is 0 Å². The first-order valence-electron chi connectivity index (χ1n) is 4.24. The minimum Gasteiger partial charge on any atom is -0.240 e. The molecule has 0 spiro atoms. The van der Waals surface area contributed by atoms with Gasteiger partial charge in [0.25, 0.3) is 0 Å². The van der Waals surface area contributed by atoms with Crippen molar-refractivity contribution < 1.29 is 0 Å². The standard InChI is InChI=1S/C9H9ClN2S2/c1-5(2)6-4-13-8(12-6)7-3-11-9(10)14-7/h3-5H,1-2H3. The van der Waals surface area contributed by atoms with Gasteiger partial charge in [-0.05, 0) is 5.92 Å². The number of nitrogens with zero attached hydrogens (tertiary/aromatic N) is 2. The minimum absolute atomic E-state index is 0.475. The molecule has 0 saturated heterocycles. The van der Waals surface area contributed by atoms with Gasteiger partial charge in [0.15, 0.2) is 4.47 Å². The lowest BCUT2D eigenvalue weighted by Crippen LogP contribution is -1.85. The fourth-order valence-electron chi connectivity index (χ4n) is 1.02. The van der Waals surface area contributed by atoms with Crippen LogP contribution in [0.4, 0.5) is 0 Å². The average molecular weight is 245 g/mol. The van der Waals surface area contributed by atoms with Gasteiger partial charge < -0.3 is 0 Å². The smallest absolute Gasteiger partial charge is 0.184 e. The predicted octanol–water partition coefficient (Wildman–Crippen LogP) is 4.04. The number of hydrogen-bond donors (Lipinski definition) is 0. The maximum absolute atomic E-state index is 5.76. The summed E-state index contributed by atoms with van der Waals surface area (Å²) in [5.74, 6) is 0.475. The third-order valence-electron chi connectivity index (χ3n) is 1.80. The Kier molecular flexibility index (Phi) is 2.85. The van der Waals surface area contributed by atoms with Crippen LogP contribution in [0.2, 0.25) is 4.47 Å². The lowest BCUT2D eigenvalue weighted by atomic mass is 10.2. The second-order valence-corrected chi connectivity index (χ2v) is 5.68. The van der Waals surface area contributed by atoms with Crippen molar-refractivity contribution in [1.82, 2.24) is 9.97 Å². The van der Waals surface area contributed by atoms with Crippen molar-refractivity contribution in [3.63, 3.8) is 0 Å². The molecule has 0 aliphatic carbocycles. The summed E-state index contributed by atoms with van der Waals surface area (Å²) in [6, 6.07) is 0. The van der Waals surface area contributed by atoms with Gasteiger partial charge in [-0.2, -0.15) is 0 Å². The van der Waals surface area contributed by atoms with Crippen molar-refractivity contribution in [3.05, 3.63) is 21.7 Å². The lowest BCUT2D eigenvalue weighted by molar-refractivity contribution is 0.834. The molecule has 0 N–H and O–H groups in total. The van der Waals surface area contributed by atoms with Gasteiger partial charge in [-0.15, -0.1) is 11.3 Å². The molecule has 14 heavy (non-hydrogen) atoms. The Bertz CT molecular complexity index is 433. The summed E-state index contributed by atoms with van der Waals surface area (Å²) in [6.45, 7) is 4.27. The topological polar surface area (TPSA) is 25.8 Å². The van der Waals surface area contributed by atoms with E-state index in [1.165, 1.54) is 11.3 Å². The summed E-state index contributed by atoms with van der Waals surface area (Å²) in [5.41, 5.74) is 1.13. The van der Waals surface area contributed by atoms with Gasteiger partial charge in [-0.3, -0.25) is 0 Å². The highest BCUT2D eigenvalue weighted by Crippen LogP contribution is 2.32. The monoisotopic (exact) mass is 244 g/mol. The van der Waals surface area contributed by atoms with E-state index in [2.05, 4.69) is 29.2 Å². The van der Waals surface area contributed by atoms with E-state index in [-0.39, 0.29) is 0 Å². The predicted molar refractivity (Wildman–Crippen MR) is 62.3 cm³/mol. The number of aromatic nitrogens is 2. The molecule has 0 bridgehead atoms. The summed E-state index contributed by atoms with van der Waals surface area (Å²) in [7, 11) is 0. The van der Waals surface area contributed by atoms with Crippen molar-refractivity contribution in [2.75, 3.05) is 0 Å². The molecule has 0 saturated carbocycles. The first-order chi connectivity index (χ1) is 6.66. The molecule has 0 radical (unpaired) electrons. The Morgan fingerprint density at radius 1 is 1.43 bits per heavy atom. The van der Waals surface area contributed by atoms with Crippen LogP contribution < -0.4 is 0 Å². The van der Waals surface area contributed by atoms with Gasteiger partial charge in [0.1, 0.15) is 5.01 Å². The van der Waals surface area contributed by atoms with Gasteiger partial charge in [0, 0.05) is 11.6 Å². The van der Waals surface area contributed by atoms with Crippen molar-refractivity contribution in [1.29, 1.82) is 0 Å². The minimum atomic E-state index is 0.475. The van der Waals surface area contributed by atoms with Crippen LogP contribution >= 0.6 is 34.3 Å². The molecule has 74 valence electrons. The highest BCUT2D eigenvalue weighted by atomic mass is 35.5. The van der Waals surface area contributed by atoms with Gasteiger partial charge in [0.05, 0.1) is 10.6 Å². The normalized spacial score (nSPS) is 11.1. The third kappa shape index (κ3) is 1.97. The van der Waals surface area contributed by atoms with E-state index in [1.54, 1.807) is 17.5 Å². The second-order valence-electron chi connectivity index (χ2n) is 3.21. The maximum Gasteiger partial charge on any atom is 0.184 e. The van der Waals surface area contributed by atoms with E-state index in [9.17, 15) is 0 Å². The summed E-state index contributed by atoms with van der Waals surface area (Å²) in [5, 5.41) is 3.10. The van der Waals surface area contributed by atoms with Crippen molar-refractivity contribution in [2.45, 2.75) is 19.8 Å². The molecular formula is C9H9ClN2S2. The highest BCUT2D eigenvalue weighted by molar-refractivity contribution is 7.23. The Morgan fingerprint density at radius 2 is 2.21 bits per heavy atom. The Morgan fingerprint density at radius 3 is 2.71 bits per heavy atom. The number of halogens is 1. The zero-order valence-electron chi connectivity index (χ0n) is 7.82. The van der Waals surface area contributed by atoms with E-state index in [0.717, 1.165) is 15.6 Å². The molecule has 2 aromatic rings. The molecule has 0 fully saturated rings. The van der Waals surface area contributed by atoms with E-state index >= 15 is 0 Å². The molecule has 2 aromatic heterocycles. The summed E-state index contributed by atoms with van der Waals surface area (Å²) < 4.78 is 0.571. The van der Waals surface area contributed by atoms with E-state index in [4.69, 9.17) is 11.6 Å². The highest BCUT2D eigenvalue weighted by Gasteiger charge is 2.09. The quantitative estimate of drug-likeness (QED) is 0.797. The Hall–Kier alpha value is -0.450. The third-order valence-corrected chi connectivity index (χ3v) is 3.95. The largest absolute Gasteiger partial charge is 0.240 e. The summed E-state index contributed by atoms with van der Waals surface area (Å²) >= 11 is 8.88. The molecule has 2 heterocycles. The number of hydrogen-bond acceptors (Lipinski definition) is 4. The SMILES string of the molecule is CC(C)c1csc(-c2cnc(Cl)s2)n1. The van der Waals surface area contributed by atoms with Gasteiger partial charge >= 0.3 is 0 Å². The summed E-state index contributed by atoms with van der Waals surface area (Å²) in [6.07, 6.45) is 1.77. The molecule has 0 atom stereocenters. The fourth-order valence-corrected chi connectivity index (χ4v) is 2.99. The molecule has 0 amide bonds. The summed E-state index contributed by atoms with van der Waals surface area (Å²) in [4.78, 5) is 9.57. The maximum atomic E-state index is 5.76. The van der Waals surface area contributed by atoms with Crippen molar-refractivity contribution >= 4 is 34.3 Å². The molecule has 0 unspecified atom stereocenters. The zero-order valence-corrected chi connectivity index (χ0v) is 10.2. The molecule has 0 aliphatic heterocycles. The molecule has 2 rings (SSSR count). The van der Waals surface area contributed by atoms with Crippen LogP contribution in [0.1, 0.15) is 25.5 Å². The number of thiazole rings is 2. The lowest BCUT2D eigenvalue weighted by Gasteiger charge is -1.95. The molecule has 0 aliphatic rings. The zero-order chi connectivity index (χ0) is 10.1. The van der Waals surface area contributed by atoms with Crippen molar-refractivity contribution in [3.8, 4) is 9.88 Å². The van der Waals surface area contributed by atoms with Crippen LogP contribution in [0.5, 0.6) is 0 Å². The van der Waals surface area contributed by atoms with Crippen LogP contribution in [0, 0.1) is 0 Å². The van der Waals surface area contributed by atoms with Crippen LogP contribution in [0.3, 0.4) is 0 Å². The van der Waals surface area contributed by atoms with Gasteiger partial charge in [-0.25, -0.2) is 9.97 Å². The van der Waals surface area contributed by atoms with Gasteiger partial charge in [-0.1, -0.05) is 36.8 Å². The first-order valence-corrected chi connectivity index (χ1v) is 6.31. The molecule has 5 heteroatoms. The Labute approximate surface area is 95.6 Å². The van der Waals surface area contributed by atoms with Crippen LogP contribution in [0.25, 0.3) is 9.88 Å². The van der Waals surface area contributed by atoms with E-state index in [1.807, 2.05) is 0 Å². The molecule has 0 aromatic carbocycles. The van der Waals surface area contributed by atoms with Gasteiger partial charge in [0.2, 0.25) is 0 Å². The molecular weight excluding hydrogens is 236 g/mol. The molecule has 2 nitrogen and oxygen atoms in total. The van der Waals surface area contributed by atoms with Crippen molar-refractivity contribution in [2.24, 2.45) is 0 Å². The van der Waals surface area contributed by atoms with Crippen LogP contribution in [-0.4, -0.2) is 9.97 Å². The van der Waals surface area contributed by atoms with Crippen LogP contribution in [0.15, 0.2) is 11.6 Å². The Balaban J connectivity index is 2.33. The first kappa shape index (κ1) is 10.1. The average Bonchev–Trinajstić information content (AvgIpc) is 2.70. The fraction of sp³-hybridized carbons (Fsp3) is 0.333. The van der Waals surface area contributed by atoms with E-state index < -0.39 is 0 Å². The second kappa shape index (κ2) is 3.96. The number of rotatable bonds is 2. The van der Waals surface area contributed by atoms with E-state index in [0.29, 0.717) is 10.4 Å².